The first kappa shape index (κ1) is 15.1. The van der Waals surface area contributed by atoms with Crippen molar-refractivity contribution in [2.75, 3.05) is 13.6 Å². The van der Waals surface area contributed by atoms with Gasteiger partial charge in [0.05, 0.1) is 0 Å². The Hall–Kier alpha value is -1.26. The van der Waals surface area contributed by atoms with E-state index in [-0.39, 0.29) is 0 Å². The normalized spacial score (nSPS) is 12.4. The predicted octanol–water partition coefficient (Wildman–Crippen LogP) is 3.85. The summed E-state index contributed by atoms with van der Waals surface area (Å²) >= 11 is 3.45. The molecule has 1 atom stereocenters. The van der Waals surface area contributed by atoms with Crippen molar-refractivity contribution in [3.05, 3.63) is 45.7 Å². The third-order valence-electron chi connectivity index (χ3n) is 3.43. The molecule has 20 heavy (non-hydrogen) atoms. The van der Waals surface area contributed by atoms with Gasteiger partial charge in [-0.3, -0.25) is 0 Å². The van der Waals surface area contributed by atoms with Crippen molar-refractivity contribution in [2.45, 2.75) is 26.7 Å². The maximum atomic E-state index is 4.68. The van der Waals surface area contributed by atoms with Crippen LogP contribution in [0.5, 0.6) is 0 Å². The zero-order valence-corrected chi connectivity index (χ0v) is 14.0. The molecule has 0 aliphatic rings. The van der Waals surface area contributed by atoms with Crippen LogP contribution in [0.3, 0.4) is 0 Å². The minimum absolute atomic E-state index is 0.416. The van der Waals surface area contributed by atoms with Crippen LogP contribution in [0.2, 0.25) is 0 Å². The summed E-state index contributed by atoms with van der Waals surface area (Å²) in [5, 5.41) is 3.21. The molecule has 1 aromatic carbocycles. The third-order valence-corrected chi connectivity index (χ3v) is 3.96. The number of likely N-dealkylation sites (N-methyl/N-ethyl adjacent to an activating group) is 1. The van der Waals surface area contributed by atoms with Crippen LogP contribution in [0.25, 0.3) is 11.4 Å². The monoisotopic (exact) mass is 333 g/mol. The molecule has 1 unspecified atom stereocenters. The average molecular weight is 334 g/mol. The quantitative estimate of drug-likeness (QED) is 0.923. The van der Waals surface area contributed by atoms with Crippen molar-refractivity contribution in [3.8, 4) is 11.4 Å². The molecule has 0 saturated carbocycles. The Balaban J connectivity index is 2.42. The SMILES string of the molecule is CNCC(C)c1c(C)nc(-c2ccc(Br)cc2)nc1C. The van der Waals surface area contributed by atoms with Gasteiger partial charge in [-0.2, -0.15) is 0 Å². The Bertz CT molecular complexity index is 570. The van der Waals surface area contributed by atoms with E-state index in [0.717, 1.165) is 33.8 Å². The molecule has 0 aliphatic heterocycles. The van der Waals surface area contributed by atoms with Gasteiger partial charge in [-0.05, 0) is 44.5 Å². The zero-order chi connectivity index (χ0) is 14.7. The lowest BCUT2D eigenvalue weighted by Crippen LogP contribution is -2.17. The number of aryl methyl sites for hydroxylation is 2. The highest BCUT2D eigenvalue weighted by Gasteiger charge is 2.15. The topological polar surface area (TPSA) is 37.8 Å². The zero-order valence-electron chi connectivity index (χ0n) is 12.4. The van der Waals surface area contributed by atoms with Gasteiger partial charge >= 0.3 is 0 Å². The van der Waals surface area contributed by atoms with E-state index in [4.69, 9.17) is 0 Å². The number of hydrogen-bond donors (Lipinski definition) is 1. The molecule has 0 aliphatic carbocycles. The van der Waals surface area contributed by atoms with Crippen LogP contribution in [-0.4, -0.2) is 23.6 Å². The standard InChI is InChI=1S/C16H20BrN3/c1-10(9-18-4)15-11(2)19-16(20-12(15)3)13-5-7-14(17)8-6-13/h5-8,10,18H,9H2,1-4H3. The van der Waals surface area contributed by atoms with E-state index in [1.165, 1.54) is 5.56 Å². The highest BCUT2D eigenvalue weighted by Crippen LogP contribution is 2.25. The maximum Gasteiger partial charge on any atom is 0.159 e. The molecule has 3 nitrogen and oxygen atoms in total. The number of aromatic nitrogens is 2. The van der Waals surface area contributed by atoms with Gasteiger partial charge in [0.25, 0.3) is 0 Å². The van der Waals surface area contributed by atoms with Gasteiger partial charge in [0.2, 0.25) is 0 Å². The van der Waals surface area contributed by atoms with Gasteiger partial charge in [-0.15, -0.1) is 0 Å². The minimum Gasteiger partial charge on any atom is -0.319 e. The first-order chi connectivity index (χ1) is 9.52. The molecular weight excluding hydrogens is 314 g/mol. The van der Waals surface area contributed by atoms with Gasteiger partial charge in [0.15, 0.2) is 5.82 Å². The lowest BCUT2D eigenvalue weighted by molar-refractivity contribution is 0.663. The van der Waals surface area contributed by atoms with Gasteiger partial charge in [-0.1, -0.05) is 35.0 Å². The number of nitrogens with one attached hydrogen (secondary N) is 1. The van der Waals surface area contributed by atoms with E-state index in [2.05, 4.69) is 52.0 Å². The highest BCUT2D eigenvalue weighted by molar-refractivity contribution is 9.10. The molecule has 1 N–H and O–H groups in total. The van der Waals surface area contributed by atoms with E-state index in [0.29, 0.717) is 5.92 Å². The summed E-state index contributed by atoms with van der Waals surface area (Å²) in [6.07, 6.45) is 0. The number of hydrogen-bond acceptors (Lipinski definition) is 3. The fraction of sp³-hybridized carbons (Fsp3) is 0.375. The number of halogens is 1. The third kappa shape index (κ3) is 3.25. The summed E-state index contributed by atoms with van der Waals surface area (Å²) < 4.78 is 1.06. The number of nitrogens with zero attached hydrogens (tertiary/aromatic N) is 2. The van der Waals surface area contributed by atoms with Crippen LogP contribution >= 0.6 is 15.9 Å². The van der Waals surface area contributed by atoms with E-state index in [1.54, 1.807) is 0 Å². The molecule has 2 rings (SSSR count). The molecule has 106 valence electrons. The molecule has 4 heteroatoms. The van der Waals surface area contributed by atoms with Crippen LogP contribution in [0.1, 0.15) is 29.8 Å². The Morgan fingerprint density at radius 1 is 1.10 bits per heavy atom. The molecule has 1 heterocycles. The van der Waals surface area contributed by atoms with Crippen LogP contribution in [0, 0.1) is 13.8 Å². The van der Waals surface area contributed by atoms with Crippen LogP contribution in [-0.2, 0) is 0 Å². The molecule has 2 aromatic rings. The van der Waals surface area contributed by atoms with Crippen molar-refractivity contribution in [1.82, 2.24) is 15.3 Å². The summed E-state index contributed by atoms with van der Waals surface area (Å²) in [5.41, 5.74) is 4.43. The van der Waals surface area contributed by atoms with Gasteiger partial charge in [-0.25, -0.2) is 9.97 Å². The summed E-state index contributed by atoms with van der Waals surface area (Å²) in [6.45, 7) is 7.27. The van der Waals surface area contributed by atoms with E-state index < -0.39 is 0 Å². The molecule has 0 fully saturated rings. The molecule has 0 radical (unpaired) electrons. The summed E-state index contributed by atoms with van der Waals surface area (Å²) in [6, 6.07) is 8.10. The largest absolute Gasteiger partial charge is 0.319 e. The van der Waals surface area contributed by atoms with E-state index in [9.17, 15) is 0 Å². The molecular formula is C16H20BrN3. The van der Waals surface area contributed by atoms with Crippen LogP contribution in [0.15, 0.2) is 28.7 Å². The molecule has 0 bridgehead atoms. The van der Waals surface area contributed by atoms with E-state index in [1.807, 2.05) is 31.3 Å². The minimum atomic E-state index is 0.416. The van der Waals surface area contributed by atoms with Crippen molar-refractivity contribution < 1.29 is 0 Å². The predicted molar refractivity (Wildman–Crippen MR) is 87.0 cm³/mol. The summed E-state index contributed by atoms with van der Waals surface area (Å²) in [4.78, 5) is 9.37. The van der Waals surface area contributed by atoms with Gasteiger partial charge < -0.3 is 5.32 Å². The molecule has 0 saturated heterocycles. The van der Waals surface area contributed by atoms with Crippen molar-refractivity contribution in [1.29, 1.82) is 0 Å². The highest BCUT2D eigenvalue weighted by atomic mass is 79.9. The van der Waals surface area contributed by atoms with Crippen molar-refractivity contribution >= 4 is 15.9 Å². The first-order valence-electron chi connectivity index (χ1n) is 6.78. The number of benzene rings is 1. The smallest absolute Gasteiger partial charge is 0.159 e. The van der Waals surface area contributed by atoms with E-state index >= 15 is 0 Å². The Kier molecular flexibility index (Phi) is 4.89. The van der Waals surface area contributed by atoms with Gasteiger partial charge in [0, 0.05) is 28.0 Å². The average Bonchev–Trinajstić information content (AvgIpc) is 2.39. The Morgan fingerprint density at radius 3 is 2.15 bits per heavy atom. The second-order valence-corrected chi connectivity index (χ2v) is 6.01. The molecule has 0 amide bonds. The van der Waals surface area contributed by atoms with Gasteiger partial charge in [0.1, 0.15) is 0 Å². The lowest BCUT2D eigenvalue weighted by atomic mass is 9.98. The fourth-order valence-electron chi connectivity index (χ4n) is 2.57. The fourth-order valence-corrected chi connectivity index (χ4v) is 2.84. The first-order valence-corrected chi connectivity index (χ1v) is 7.58. The summed E-state index contributed by atoms with van der Waals surface area (Å²) in [5.74, 6) is 1.21. The Labute approximate surface area is 129 Å². The second kappa shape index (κ2) is 6.46. The van der Waals surface area contributed by atoms with Crippen molar-refractivity contribution in [2.24, 2.45) is 0 Å². The molecule has 0 spiro atoms. The van der Waals surface area contributed by atoms with Crippen LogP contribution in [0.4, 0.5) is 0 Å². The van der Waals surface area contributed by atoms with Crippen molar-refractivity contribution in [3.63, 3.8) is 0 Å². The van der Waals surface area contributed by atoms with Crippen LogP contribution < -0.4 is 5.32 Å². The number of rotatable bonds is 4. The maximum absolute atomic E-state index is 4.68. The molecule has 1 aromatic heterocycles. The lowest BCUT2D eigenvalue weighted by Gasteiger charge is -2.17. The summed E-state index contributed by atoms with van der Waals surface area (Å²) in [7, 11) is 1.97. The second-order valence-electron chi connectivity index (χ2n) is 5.10. The Morgan fingerprint density at radius 2 is 1.65 bits per heavy atom.